The van der Waals surface area contributed by atoms with Crippen molar-refractivity contribution >= 4 is 15.9 Å². The van der Waals surface area contributed by atoms with E-state index in [4.69, 9.17) is 9.47 Å². The van der Waals surface area contributed by atoms with Crippen molar-refractivity contribution in [1.82, 2.24) is 0 Å². The zero-order valence-electron chi connectivity index (χ0n) is 11.5. The standard InChI is InChI=1S/C17H16BrFO2/c18-15(10-12-2-5-14(19)6-3-12)13-4-7-16-17(11-13)21-9-1-8-20-16/h2-7,11,15H,1,8-10H2. The van der Waals surface area contributed by atoms with Crippen LogP contribution in [0.1, 0.15) is 22.4 Å². The van der Waals surface area contributed by atoms with E-state index in [9.17, 15) is 4.39 Å². The summed E-state index contributed by atoms with van der Waals surface area (Å²) in [7, 11) is 0. The number of fused-ring (bicyclic) bond motifs is 1. The second-order valence-electron chi connectivity index (χ2n) is 5.05. The third kappa shape index (κ3) is 3.56. The lowest BCUT2D eigenvalue weighted by Crippen LogP contribution is -1.98. The van der Waals surface area contributed by atoms with Crippen LogP contribution in [0.2, 0.25) is 0 Å². The Labute approximate surface area is 132 Å². The SMILES string of the molecule is Fc1ccc(CC(Br)c2ccc3c(c2)OCCCO3)cc1. The zero-order valence-corrected chi connectivity index (χ0v) is 13.1. The molecule has 0 amide bonds. The normalized spacial score (nSPS) is 15.3. The van der Waals surface area contributed by atoms with Crippen LogP contribution in [0.3, 0.4) is 0 Å². The van der Waals surface area contributed by atoms with Crippen LogP contribution in [0.15, 0.2) is 42.5 Å². The lowest BCUT2D eigenvalue weighted by atomic mass is 10.0. The molecule has 0 fully saturated rings. The van der Waals surface area contributed by atoms with Gasteiger partial charge in [-0.15, -0.1) is 0 Å². The van der Waals surface area contributed by atoms with E-state index >= 15 is 0 Å². The van der Waals surface area contributed by atoms with E-state index in [0.29, 0.717) is 13.2 Å². The summed E-state index contributed by atoms with van der Waals surface area (Å²) in [6.07, 6.45) is 1.69. The quantitative estimate of drug-likeness (QED) is 0.749. The Morgan fingerprint density at radius 2 is 1.71 bits per heavy atom. The highest BCUT2D eigenvalue weighted by Gasteiger charge is 2.15. The Balaban J connectivity index is 1.76. The zero-order chi connectivity index (χ0) is 14.7. The maximum atomic E-state index is 12.9. The van der Waals surface area contributed by atoms with Gasteiger partial charge < -0.3 is 9.47 Å². The van der Waals surface area contributed by atoms with Crippen molar-refractivity contribution in [1.29, 1.82) is 0 Å². The van der Waals surface area contributed by atoms with Gasteiger partial charge in [-0.2, -0.15) is 0 Å². The lowest BCUT2D eigenvalue weighted by molar-refractivity contribution is 0.297. The molecule has 1 unspecified atom stereocenters. The molecule has 4 heteroatoms. The summed E-state index contributed by atoms with van der Waals surface area (Å²) in [5, 5.41) is 0. The lowest BCUT2D eigenvalue weighted by Gasteiger charge is -2.14. The fourth-order valence-electron chi connectivity index (χ4n) is 2.32. The van der Waals surface area contributed by atoms with Gasteiger partial charge in [0.25, 0.3) is 0 Å². The molecule has 0 aromatic heterocycles. The molecule has 0 N–H and O–H groups in total. The highest BCUT2D eigenvalue weighted by molar-refractivity contribution is 9.09. The minimum Gasteiger partial charge on any atom is -0.490 e. The summed E-state index contributed by atoms with van der Waals surface area (Å²) in [4.78, 5) is 0.153. The van der Waals surface area contributed by atoms with Crippen molar-refractivity contribution in [2.45, 2.75) is 17.7 Å². The second kappa shape index (κ2) is 6.48. The Morgan fingerprint density at radius 3 is 2.48 bits per heavy atom. The number of hydrogen-bond acceptors (Lipinski definition) is 2. The first-order valence-corrected chi connectivity index (χ1v) is 7.92. The largest absolute Gasteiger partial charge is 0.490 e. The third-order valence-corrected chi connectivity index (χ3v) is 4.31. The first-order valence-electron chi connectivity index (χ1n) is 7.00. The van der Waals surface area contributed by atoms with Gasteiger partial charge in [-0.3, -0.25) is 0 Å². The van der Waals surface area contributed by atoms with Crippen LogP contribution in [0.4, 0.5) is 4.39 Å². The smallest absolute Gasteiger partial charge is 0.161 e. The summed E-state index contributed by atoms with van der Waals surface area (Å²) in [6.45, 7) is 1.38. The van der Waals surface area contributed by atoms with Crippen LogP contribution < -0.4 is 9.47 Å². The van der Waals surface area contributed by atoms with E-state index in [0.717, 1.165) is 35.5 Å². The first-order chi connectivity index (χ1) is 10.2. The number of alkyl halides is 1. The number of hydrogen-bond donors (Lipinski definition) is 0. The van der Waals surface area contributed by atoms with Crippen LogP contribution in [-0.2, 0) is 6.42 Å². The number of benzene rings is 2. The van der Waals surface area contributed by atoms with Gasteiger partial charge in [-0.1, -0.05) is 34.1 Å². The van der Waals surface area contributed by atoms with Gasteiger partial charge in [0.1, 0.15) is 5.82 Å². The Kier molecular flexibility index (Phi) is 4.44. The van der Waals surface area contributed by atoms with Gasteiger partial charge in [0.2, 0.25) is 0 Å². The summed E-state index contributed by atoms with van der Waals surface area (Å²) in [5.41, 5.74) is 2.22. The maximum absolute atomic E-state index is 12.9. The summed E-state index contributed by atoms with van der Waals surface area (Å²) in [6, 6.07) is 12.6. The van der Waals surface area contributed by atoms with Crippen molar-refractivity contribution in [2.24, 2.45) is 0 Å². The molecule has 0 aliphatic carbocycles. The molecule has 0 spiro atoms. The molecule has 1 aliphatic rings. The minimum absolute atomic E-state index is 0.153. The predicted octanol–water partition coefficient (Wildman–Crippen LogP) is 4.67. The van der Waals surface area contributed by atoms with Gasteiger partial charge in [0, 0.05) is 11.2 Å². The van der Waals surface area contributed by atoms with E-state index in [2.05, 4.69) is 15.9 Å². The topological polar surface area (TPSA) is 18.5 Å². The Bertz CT molecular complexity index is 613. The minimum atomic E-state index is -0.208. The van der Waals surface area contributed by atoms with Gasteiger partial charge >= 0.3 is 0 Å². The predicted molar refractivity (Wildman–Crippen MR) is 83.8 cm³/mol. The highest BCUT2D eigenvalue weighted by atomic mass is 79.9. The van der Waals surface area contributed by atoms with E-state index < -0.39 is 0 Å². The molecule has 2 nitrogen and oxygen atoms in total. The van der Waals surface area contributed by atoms with Crippen molar-refractivity contribution < 1.29 is 13.9 Å². The van der Waals surface area contributed by atoms with Gasteiger partial charge in [-0.05, 0) is 41.8 Å². The number of rotatable bonds is 3. The van der Waals surface area contributed by atoms with Crippen molar-refractivity contribution in [3.63, 3.8) is 0 Å². The molecule has 3 rings (SSSR count). The van der Waals surface area contributed by atoms with E-state index in [-0.39, 0.29) is 10.6 Å². The molecule has 0 saturated heterocycles. The molecule has 0 saturated carbocycles. The van der Waals surface area contributed by atoms with Crippen LogP contribution >= 0.6 is 15.9 Å². The summed E-state index contributed by atoms with van der Waals surface area (Å²) >= 11 is 3.70. The monoisotopic (exact) mass is 350 g/mol. The Morgan fingerprint density at radius 1 is 1.00 bits per heavy atom. The van der Waals surface area contributed by atoms with Crippen molar-refractivity contribution in [3.05, 3.63) is 59.4 Å². The van der Waals surface area contributed by atoms with Crippen molar-refractivity contribution in [2.75, 3.05) is 13.2 Å². The molecule has 110 valence electrons. The molecule has 2 aromatic carbocycles. The van der Waals surface area contributed by atoms with Gasteiger partial charge in [0.15, 0.2) is 11.5 Å². The molecular formula is C17H16BrFO2. The van der Waals surface area contributed by atoms with Crippen LogP contribution in [-0.4, -0.2) is 13.2 Å². The fraction of sp³-hybridized carbons (Fsp3) is 0.294. The molecule has 1 atom stereocenters. The average Bonchev–Trinajstić information content (AvgIpc) is 2.74. The highest BCUT2D eigenvalue weighted by Crippen LogP contribution is 2.35. The van der Waals surface area contributed by atoms with Crippen LogP contribution in [0, 0.1) is 5.82 Å². The summed E-state index contributed by atoms with van der Waals surface area (Å²) < 4.78 is 24.3. The summed E-state index contributed by atoms with van der Waals surface area (Å²) in [5.74, 6) is 1.40. The molecule has 21 heavy (non-hydrogen) atoms. The molecule has 0 bridgehead atoms. The second-order valence-corrected chi connectivity index (χ2v) is 6.16. The van der Waals surface area contributed by atoms with Crippen LogP contribution in [0.25, 0.3) is 0 Å². The molecular weight excluding hydrogens is 335 g/mol. The molecule has 1 heterocycles. The Hall–Kier alpha value is -1.55. The fourth-order valence-corrected chi connectivity index (χ4v) is 2.98. The first kappa shape index (κ1) is 14.4. The van der Waals surface area contributed by atoms with E-state index in [1.807, 2.05) is 30.3 Å². The number of ether oxygens (including phenoxy) is 2. The van der Waals surface area contributed by atoms with Gasteiger partial charge in [-0.25, -0.2) is 4.39 Å². The maximum Gasteiger partial charge on any atom is 0.161 e. The van der Waals surface area contributed by atoms with Gasteiger partial charge in [0.05, 0.1) is 13.2 Å². The average molecular weight is 351 g/mol. The van der Waals surface area contributed by atoms with E-state index in [1.165, 1.54) is 12.1 Å². The molecule has 1 aliphatic heterocycles. The molecule has 0 radical (unpaired) electrons. The van der Waals surface area contributed by atoms with Crippen LogP contribution in [0.5, 0.6) is 11.5 Å². The third-order valence-electron chi connectivity index (χ3n) is 3.46. The van der Waals surface area contributed by atoms with Crippen molar-refractivity contribution in [3.8, 4) is 11.5 Å². The number of halogens is 2. The molecule has 2 aromatic rings. The van der Waals surface area contributed by atoms with E-state index in [1.54, 1.807) is 0 Å².